The lowest BCUT2D eigenvalue weighted by Crippen LogP contribution is -2.33. The molecule has 0 aromatic carbocycles. The summed E-state index contributed by atoms with van der Waals surface area (Å²) in [5.74, 6) is 0.826. The number of halogens is 2. The maximum atomic E-state index is 12.1. The van der Waals surface area contributed by atoms with Crippen LogP contribution in [0.25, 0.3) is 0 Å². The van der Waals surface area contributed by atoms with Crippen LogP contribution in [-0.4, -0.2) is 35.7 Å². The predicted molar refractivity (Wildman–Crippen MR) is 84.6 cm³/mol. The van der Waals surface area contributed by atoms with Crippen LogP contribution < -0.4 is 10.6 Å². The molecule has 3 rings (SSSR count). The lowest BCUT2D eigenvalue weighted by atomic mass is 9.80. The van der Waals surface area contributed by atoms with Crippen molar-refractivity contribution in [3.63, 3.8) is 0 Å². The summed E-state index contributed by atoms with van der Waals surface area (Å²) in [6.45, 7) is 1.05. The van der Waals surface area contributed by atoms with E-state index in [1.165, 1.54) is 0 Å². The van der Waals surface area contributed by atoms with Crippen molar-refractivity contribution < 1.29 is 9.90 Å². The molecule has 7 heteroatoms. The first-order valence-electron chi connectivity index (χ1n) is 7.04. The average Bonchev–Trinajstić information content (AvgIpc) is 3.06. The minimum atomic E-state index is -0.107. The second-order valence-electron chi connectivity index (χ2n) is 5.73. The van der Waals surface area contributed by atoms with Gasteiger partial charge < -0.3 is 15.7 Å². The molecule has 1 aromatic heterocycles. The number of nitrogens with one attached hydrogen (secondary N) is 2. The van der Waals surface area contributed by atoms with E-state index >= 15 is 0 Å². The van der Waals surface area contributed by atoms with Gasteiger partial charge in [0.15, 0.2) is 0 Å². The van der Waals surface area contributed by atoms with Gasteiger partial charge in [0, 0.05) is 36.2 Å². The summed E-state index contributed by atoms with van der Waals surface area (Å²) in [5, 5.41) is 15.6. The molecule has 5 nitrogen and oxygen atoms in total. The van der Waals surface area contributed by atoms with Gasteiger partial charge in [-0.3, -0.25) is 4.79 Å². The summed E-state index contributed by atoms with van der Waals surface area (Å²) in [6, 6.07) is 0. The molecule has 1 fully saturated rings. The maximum absolute atomic E-state index is 12.1. The van der Waals surface area contributed by atoms with Gasteiger partial charge in [-0.25, -0.2) is 4.98 Å². The lowest BCUT2D eigenvalue weighted by Gasteiger charge is -2.24. The third-order valence-electron chi connectivity index (χ3n) is 4.49. The molecule has 1 spiro atoms. The van der Waals surface area contributed by atoms with Crippen LogP contribution in [0.15, 0.2) is 10.7 Å². The highest BCUT2D eigenvalue weighted by atomic mass is 79.9. The number of hydrogen-bond donors (Lipinski definition) is 3. The van der Waals surface area contributed by atoms with E-state index in [0.29, 0.717) is 11.6 Å². The van der Waals surface area contributed by atoms with Gasteiger partial charge in [0.1, 0.15) is 5.82 Å². The SMILES string of the molecule is O=C(NCCO)[C@H]1CC[C@@]2(CNc3ncc(Br)c(Cl)c32)C1. The first kappa shape index (κ1) is 15.1. The molecule has 1 aliphatic heterocycles. The van der Waals surface area contributed by atoms with E-state index in [2.05, 4.69) is 31.5 Å². The Hall–Kier alpha value is -0.850. The van der Waals surface area contributed by atoms with Crippen molar-refractivity contribution in [2.24, 2.45) is 5.92 Å². The van der Waals surface area contributed by atoms with Gasteiger partial charge in [-0.05, 0) is 35.2 Å². The molecule has 2 aliphatic rings. The molecule has 0 unspecified atom stereocenters. The zero-order valence-corrected chi connectivity index (χ0v) is 13.8. The maximum Gasteiger partial charge on any atom is 0.223 e. The monoisotopic (exact) mass is 373 g/mol. The van der Waals surface area contributed by atoms with Crippen molar-refractivity contribution in [1.29, 1.82) is 0 Å². The fourth-order valence-electron chi connectivity index (χ4n) is 3.49. The fraction of sp³-hybridized carbons (Fsp3) is 0.571. The molecule has 0 radical (unpaired) electrons. The summed E-state index contributed by atoms with van der Waals surface area (Å²) >= 11 is 9.89. The summed E-state index contributed by atoms with van der Waals surface area (Å²) in [6.07, 6.45) is 4.22. The number of nitrogens with zero attached hydrogens (tertiary/aromatic N) is 1. The van der Waals surface area contributed by atoms with Gasteiger partial charge in [-0.2, -0.15) is 0 Å². The number of pyridine rings is 1. The number of carbonyl (C=O) groups is 1. The topological polar surface area (TPSA) is 74.2 Å². The van der Waals surface area contributed by atoms with Crippen molar-refractivity contribution in [2.45, 2.75) is 24.7 Å². The number of anilines is 1. The second kappa shape index (κ2) is 5.74. The molecule has 114 valence electrons. The second-order valence-corrected chi connectivity index (χ2v) is 6.96. The van der Waals surface area contributed by atoms with Crippen molar-refractivity contribution in [3.05, 3.63) is 21.3 Å². The molecule has 21 heavy (non-hydrogen) atoms. The van der Waals surface area contributed by atoms with E-state index in [1.807, 2.05) is 0 Å². The third-order valence-corrected chi connectivity index (χ3v) is 5.71. The van der Waals surface area contributed by atoms with Crippen molar-refractivity contribution in [3.8, 4) is 0 Å². The Morgan fingerprint density at radius 3 is 3.24 bits per heavy atom. The highest BCUT2D eigenvalue weighted by molar-refractivity contribution is 9.10. The molecule has 3 N–H and O–H groups in total. The van der Waals surface area contributed by atoms with E-state index in [0.717, 1.165) is 41.7 Å². The standard InChI is InChI=1S/C14H17BrClN3O2/c15-9-6-18-12-10(11(9)16)14(7-19-12)2-1-8(5-14)13(21)17-3-4-20/h6,8,20H,1-5,7H2,(H,17,21)(H,18,19)/t8-,14-/m0/s1. The van der Waals surface area contributed by atoms with Crippen LogP contribution in [0.1, 0.15) is 24.8 Å². The Labute approximate surface area is 136 Å². The fourth-order valence-corrected chi connectivity index (χ4v) is 4.13. The van der Waals surface area contributed by atoms with Gasteiger partial charge in [-0.1, -0.05) is 11.6 Å². The summed E-state index contributed by atoms with van der Waals surface area (Å²) in [7, 11) is 0. The minimum Gasteiger partial charge on any atom is -0.395 e. The lowest BCUT2D eigenvalue weighted by molar-refractivity contribution is -0.125. The molecule has 1 aromatic rings. The molecular formula is C14H17BrClN3O2. The van der Waals surface area contributed by atoms with E-state index < -0.39 is 0 Å². The largest absolute Gasteiger partial charge is 0.395 e. The number of hydrogen-bond acceptors (Lipinski definition) is 4. The van der Waals surface area contributed by atoms with E-state index in [4.69, 9.17) is 16.7 Å². The molecular weight excluding hydrogens is 358 g/mol. The van der Waals surface area contributed by atoms with Gasteiger partial charge in [0.05, 0.1) is 16.1 Å². The number of amides is 1. The summed E-state index contributed by atoms with van der Waals surface area (Å²) < 4.78 is 0.791. The number of fused-ring (bicyclic) bond motifs is 2. The first-order valence-corrected chi connectivity index (χ1v) is 8.21. The van der Waals surface area contributed by atoms with Gasteiger partial charge >= 0.3 is 0 Å². The van der Waals surface area contributed by atoms with Crippen LogP contribution in [0.4, 0.5) is 5.82 Å². The van der Waals surface area contributed by atoms with E-state index in [-0.39, 0.29) is 23.8 Å². The van der Waals surface area contributed by atoms with E-state index in [9.17, 15) is 4.79 Å². The Kier molecular flexibility index (Phi) is 4.12. The number of rotatable bonds is 3. The van der Waals surface area contributed by atoms with Gasteiger partial charge in [0.25, 0.3) is 0 Å². The van der Waals surface area contributed by atoms with Gasteiger partial charge in [0.2, 0.25) is 5.91 Å². The molecule has 2 heterocycles. The van der Waals surface area contributed by atoms with Gasteiger partial charge in [-0.15, -0.1) is 0 Å². The number of aliphatic hydroxyl groups excluding tert-OH is 1. The van der Waals surface area contributed by atoms with Crippen LogP contribution in [0, 0.1) is 5.92 Å². The predicted octanol–water partition coefficient (Wildman–Crippen LogP) is 2.07. The Morgan fingerprint density at radius 1 is 1.67 bits per heavy atom. The number of aromatic nitrogens is 1. The molecule has 1 amide bonds. The van der Waals surface area contributed by atoms with Crippen LogP contribution in [0.2, 0.25) is 5.02 Å². The van der Waals surface area contributed by atoms with Crippen molar-refractivity contribution >= 4 is 39.3 Å². The summed E-state index contributed by atoms with van der Waals surface area (Å²) in [4.78, 5) is 16.5. The third kappa shape index (κ3) is 2.53. The first-order chi connectivity index (χ1) is 10.1. The molecule has 2 atom stereocenters. The Bertz CT molecular complexity index is 584. The molecule has 1 aliphatic carbocycles. The quantitative estimate of drug-likeness (QED) is 0.757. The Balaban J connectivity index is 1.84. The normalized spacial score (nSPS) is 26.7. The van der Waals surface area contributed by atoms with Crippen LogP contribution in [-0.2, 0) is 10.2 Å². The molecule has 0 bridgehead atoms. The molecule has 1 saturated carbocycles. The van der Waals surface area contributed by atoms with Crippen LogP contribution in [0.5, 0.6) is 0 Å². The van der Waals surface area contributed by atoms with Crippen LogP contribution >= 0.6 is 27.5 Å². The number of aliphatic hydroxyl groups is 1. The highest BCUT2D eigenvalue weighted by Gasteiger charge is 2.48. The van der Waals surface area contributed by atoms with Crippen molar-refractivity contribution in [2.75, 3.05) is 25.0 Å². The summed E-state index contributed by atoms with van der Waals surface area (Å²) in [5.41, 5.74) is 0.931. The Morgan fingerprint density at radius 2 is 2.48 bits per heavy atom. The highest BCUT2D eigenvalue weighted by Crippen LogP contribution is 2.52. The van der Waals surface area contributed by atoms with E-state index in [1.54, 1.807) is 6.20 Å². The van der Waals surface area contributed by atoms with Crippen molar-refractivity contribution in [1.82, 2.24) is 10.3 Å². The smallest absolute Gasteiger partial charge is 0.223 e. The zero-order valence-electron chi connectivity index (χ0n) is 11.5. The number of carbonyl (C=O) groups excluding carboxylic acids is 1. The zero-order chi connectivity index (χ0) is 15.0. The minimum absolute atomic E-state index is 0.0217. The molecule has 0 saturated heterocycles. The van der Waals surface area contributed by atoms with Crippen LogP contribution in [0.3, 0.4) is 0 Å². The average molecular weight is 375 g/mol.